The lowest BCUT2D eigenvalue weighted by atomic mass is 9.97. The fourth-order valence-electron chi connectivity index (χ4n) is 4.48. The van der Waals surface area contributed by atoms with Gasteiger partial charge in [-0.2, -0.15) is 4.72 Å². The summed E-state index contributed by atoms with van der Waals surface area (Å²) in [5, 5.41) is 0. The third-order valence-corrected chi connectivity index (χ3v) is 8.18. The predicted molar refractivity (Wildman–Crippen MR) is 148 cm³/mol. The van der Waals surface area contributed by atoms with Gasteiger partial charge in [0, 0.05) is 18.9 Å². The first-order chi connectivity index (χ1) is 19.6. The third-order valence-electron chi connectivity index (χ3n) is 6.42. The maximum absolute atomic E-state index is 13.7. The number of aryl methyl sites for hydroxylation is 1. The van der Waals surface area contributed by atoms with Crippen molar-refractivity contribution in [3.05, 3.63) is 82.4 Å². The van der Waals surface area contributed by atoms with E-state index in [9.17, 15) is 18.0 Å². The Morgan fingerprint density at radius 3 is 2.44 bits per heavy atom. The molecule has 1 atom stereocenters. The maximum atomic E-state index is 13.7. The molecular formula is C29H32N2O9S. The highest BCUT2D eigenvalue weighted by Gasteiger charge is 2.31. The number of benzene rings is 3. The van der Waals surface area contributed by atoms with E-state index in [-0.39, 0.29) is 18.3 Å². The van der Waals surface area contributed by atoms with Gasteiger partial charge in [0.15, 0.2) is 11.5 Å². The van der Waals surface area contributed by atoms with Crippen molar-refractivity contribution in [3.8, 4) is 17.2 Å². The van der Waals surface area contributed by atoms with Crippen LogP contribution in [0.5, 0.6) is 17.2 Å². The van der Waals surface area contributed by atoms with Crippen molar-refractivity contribution in [1.29, 1.82) is 0 Å². The number of fused-ring (bicyclic) bond motifs is 1. The van der Waals surface area contributed by atoms with E-state index in [0.717, 1.165) is 18.1 Å². The van der Waals surface area contributed by atoms with E-state index in [4.69, 9.17) is 23.8 Å². The number of esters is 1. The second-order valence-electron chi connectivity index (χ2n) is 9.41. The summed E-state index contributed by atoms with van der Waals surface area (Å²) in [5.41, 5.74) is 5.39. The van der Waals surface area contributed by atoms with Crippen LogP contribution in [0.4, 0.5) is 0 Å². The summed E-state index contributed by atoms with van der Waals surface area (Å²) < 4.78 is 51.3. The first-order valence-electron chi connectivity index (χ1n) is 12.8. The van der Waals surface area contributed by atoms with Crippen LogP contribution in [0, 0.1) is 13.8 Å². The summed E-state index contributed by atoms with van der Waals surface area (Å²) in [6.45, 7) is 4.14. The zero-order valence-corrected chi connectivity index (χ0v) is 24.0. The fraction of sp³-hybridized carbons (Fsp3) is 0.310. The van der Waals surface area contributed by atoms with Crippen LogP contribution >= 0.6 is 0 Å². The second kappa shape index (κ2) is 13.0. The maximum Gasteiger partial charge on any atom is 0.302 e. The topological polar surface area (TPSA) is 138 Å². The average molecular weight is 585 g/mol. The van der Waals surface area contributed by atoms with Crippen molar-refractivity contribution in [2.75, 3.05) is 20.5 Å². The third kappa shape index (κ3) is 7.34. The fourth-order valence-corrected chi connectivity index (χ4v) is 6.16. The quantitative estimate of drug-likeness (QED) is 0.243. The van der Waals surface area contributed by atoms with Crippen LogP contribution < -0.4 is 24.4 Å². The van der Waals surface area contributed by atoms with Crippen molar-refractivity contribution in [3.63, 3.8) is 0 Å². The number of hydrogen-bond acceptors (Lipinski definition) is 9. The van der Waals surface area contributed by atoms with E-state index in [2.05, 4.69) is 10.2 Å². The van der Waals surface area contributed by atoms with Gasteiger partial charge in [0.25, 0.3) is 5.91 Å². The highest BCUT2D eigenvalue weighted by molar-refractivity contribution is 7.89. The monoisotopic (exact) mass is 584 g/mol. The van der Waals surface area contributed by atoms with E-state index in [1.54, 1.807) is 26.0 Å². The minimum Gasteiger partial charge on any atom is -0.496 e. The molecule has 3 aromatic carbocycles. The summed E-state index contributed by atoms with van der Waals surface area (Å²) in [5.74, 6) is 0.263. The summed E-state index contributed by atoms with van der Waals surface area (Å²) in [4.78, 5) is 29.7. The van der Waals surface area contributed by atoms with Gasteiger partial charge in [-0.05, 0) is 54.3 Å². The number of hydroxylamine groups is 1. The van der Waals surface area contributed by atoms with E-state index in [1.807, 2.05) is 42.5 Å². The Balaban J connectivity index is 1.59. The Morgan fingerprint density at radius 2 is 1.73 bits per heavy atom. The second-order valence-corrected chi connectivity index (χ2v) is 11.1. The zero-order valence-electron chi connectivity index (χ0n) is 23.2. The van der Waals surface area contributed by atoms with Gasteiger partial charge in [0.05, 0.1) is 18.6 Å². The molecule has 0 unspecified atom stereocenters. The molecule has 1 aliphatic rings. The Bertz CT molecular complexity index is 1520. The van der Waals surface area contributed by atoms with Gasteiger partial charge in [0.1, 0.15) is 18.4 Å². The Hall–Kier alpha value is -4.13. The standard InChI is InChI=1S/C29H32N2O9S/c1-18-12-26(36-4)23(13-22-10-11-25-27(14-22)39-17-38-25)19(2)28(18)41(34,35)31-24(16-37-20(3)32)29(33)30-40-15-21-8-6-5-7-9-21/h5-12,14,24,31H,13,15-17H2,1-4H3,(H,30,33)/t24-/m1/s1. The van der Waals surface area contributed by atoms with E-state index >= 15 is 0 Å². The number of ether oxygens (including phenoxy) is 4. The van der Waals surface area contributed by atoms with Crippen molar-refractivity contribution >= 4 is 21.9 Å². The van der Waals surface area contributed by atoms with Crippen LogP contribution in [0.25, 0.3) is 0 Å². The molecule has 1 amide bonds. The number of carbonyl (C=O) groups is 2. The molecule has 4 rings (SSSR count). The number of hydrogen-bond donors (Lipinski definition) is 2. The molecule has 0 saturated carbocycles. The minimum absolute atomic E-state index is 0.0140. The van der Waals surface area contributed by atoms with Crippen LogP contribution in [-0.2, 0) is 42.2 Å². The van der Waals surface area contributed by atoms with Crippen LogP contribution in [0.1, 0.15) is 34.7 Å². The normalized spacial score (nSPS) is 13.0. The van der Waals surface area contributed by atoms with Crippen molar-refractivity contribution in [2.24, 2.45) is 0 Å². The van der Waals surface area contributed by atoms with E-state index < -0.39 is 34.5 Å². The number of sulfonamides is 1. The first kappa shape index (κ1) is 29.8. The molecule has 2 N–H and O–H groups in total. The molecule has 1 aliphatic heterocycles. The molecule has 0 spiro atoms. The largest absolute Gasteiger partial charge is 0.496 e. The van der Waals surface area contributed by atoms with Crippen LogP contribution in [0.3, 0.4) is 0 Å². The zero-order chi connectivity index (χ0) is 29.6. The Kier molecular flexibility index (Phi) is 9.48. The van der Waals surface area contributed by atoms with Gasteiger partial charge in [0.2, 0.25) is 16.8 Å². The van der Waals surface area contributed by atoms with Gasteiger partial charge < -0.3 is 18.9 Å². The summed E-state index contributed by atoms with van der Waals surface area (Å²) in [6.07, 6.45) is 0.346. The van der Waals surface area contributed by atoms with E-state index in [1.165, 1.54) is 7.11 Å². The smallest absolute Gasteiger partial charge is 0.302 e. The van der Waals surface area contributed by atoms with Crippen LogP contribution in [0.15, 0.2) is 59.5 Å². The molecule has 218 valence electrons. The number of methoxy groups -OCH3 is 1. The van der Waals surface area contributed by atoms with Gasteiger partial charge in [-0.1, -0.05) is 36.4 Å². The van der Waals surface area contributed by atoms with Gasteiger partial charge in [-0.25, -0.2) is 13.9 Å². The predicted octanol–water partition coefficient (Wildman–Crippen LogP) is 3.09. The molecule has 41 heavy (non-hydrogen) atoms. The van der Waals surface area contributed by atoms with Crippen molar-refractivity contribution in [2.45, 2.75) is 44.7 Å². The van der Waals surface area contributed by atoms with Crippen molar-refractivity contribution in [1.82, 2.24) is 10.2 Å². The molecule has 0 aromatic heterocycles. The SMILES string of the molecule is COc1cc(C)c(S(=O)(=O)N[C@H](COC(C)=O)C(=O)NOCc2ccccc2)c(C)c1Cc1ccc2c(c1)OCO2. The molecular weight excluding hydrogens is 552 g/mol. The lowest BCUT2D eigenvalue weighted by Crippen LogP contribution is -2.49. The highest BCUT2D eigenvalue weighted by Crippen LogP contribution is 2.36. The number of rotatable bonds is 12. The lowest BCUT2D eigenvalue weighted by Gasteiger charge is -2.22. The minimum atomic E-state index is -4.30. The van der Waals surface area contributed by atoms with Gasteiger partial charge in [-0.15, -0.1) is 0 Å². The molecule has 1 heterocycles. The molecule has 0 fully saturated rings. The molecule has 0 aliphatic carbocycles. The molecule has 12 heteroatoms. The molecule has 11 nitrogen and oxygen atoms in total. The summed E-state index contributed by atoms with van der Waals surface area (Å²) in [6, 6.07) is 14.8. The molecule has 0 bridgehead atoms. The number of amides is 1. The van der Waals surface area contributed by atoms with E-state index in [0.29, 0.717) is 40.4 Å². The lowest BCUT2D eigenvalue weighted by molar-refractivity contribution is -0.145. The van der Waals surface area contributed by atoms with Gasteiger partial charge >= 0.3 is 5.97 Å². The van der Waals surface area contributed by atoms with Crippen molar-refractivity contribution < 1.29 is 41.8 Å². The summed E-state index contributed by atoms with van der Waals surface area (Å²) >= 11 is 0. The van der Waals surface area contributed by atoms with Gasteiger partial charge in [-0.3, -0.25) is 14.4 Å². The first-order valence-corrected chi connectivity index (χ1v) is 14.2. The molecule has 3 aromatic rings. The average Bonchev–Trinajstić information content (AvgIpc) is 3.40. The molecule has 0 radical (unpaired) electrons. The number of nitrogens with one attached hydrogen (secondary N) is 2. The highest BCUT2D eigenvalue weighted by atomic mass is 32.2. The molecule has 0 saturated heterocycles. The van der Waals surface area contributed by atoms with Crippen LogP contribution in [-0.4, -0.2) is 46.8 Å². The van der Waals surface area contributed by atoms with Crippen LogP contribution in [0.2, 0.25) is 0 Å². The Morgan fingerprint density at radius 1 is 1.00 bits per heavy atom. The summed E-state index contributed by atoms with van der Waals surface area (Å²) in [7, 11) is -2.79. The number of carbonyl (C=O) groups excluding carboxylic acids is 2. The Labute approximate surface area is 238 Å².